The third-order valence-corrected chi connectivity index (χ3v) is 7.49. The zero-order valence-corrected chi connectivity index (χ0v) is 16.2. The van der Waals surface area contributed by atoms with E-state index in [1.165, 1.54) is 10.4 Å². The highest BCUT2D eigenvalue weighted by Crippen LogP contribution is 2.44. The first-order valence-electron chi connectivity index (χ1n) is 9.85. The lowest BCUT2D eigenvalue weighted by Crippen LogP contribution is -2.46. The van der Waals surface area contributed by atoms with Gasteiger partial charge < -0.3 is 10.1 Å². The van der Waals surface area contributed by atoms with Gasteiger partial charge in [-0.15, -0.1) is 16.4 Å². The van der Waals surface area contributed by atoms with E-state index >= 15 is 0 Å². The van der Waals surface area contributed by atoms with Gasteiger partial charge in [0.1, 0.15) is 0 Å². The highest BCUT2D eigenvalue weighted by atomic mass is 32.1. The SMILES string of the molecule is CCc1cc2c(s1)CCOC21CCN(Cc2cn(C3CNC3)nn2)CC1. The molecule has 1 spiro atoms. The molecule has 2 aromatic heterocycles. The van der Waals surface area contributed by atoms with Gasteiger partial charge in [0.2, 0.25) is 0 Å². The third kappa shape index (κ3) is 2.91. The summed E-state index contributed by atoms with van der Waals surface area (Å²) < 4.78 is 8.41. The van der Waals surface area contributed by atoms with E-state index in [0.29, 0.717) is 6.04 Å². The molecule has 0 saturated carbocycles. The topological polar surface area (TPSA) is 55.2 Å². The number of fused-ring (bicyclic) bond motifs is 2. The molecule has 0 aliphatic carbocycles. The summed E-state index contributed by atoms with van der Waals surface area (Å²) in [5.74, 6) is 0. The van der Waals surface area contributed by atoms with Gasteiger partial charge in [-0.3, -0.25) is 4.90 Å². The van der Waals surface area contributed by atoms with Gasteiger partial charge in [0.15, 0.2) is 0 Å². The molecule has 0 aromatic carbocycles. The Morgan fingerprint density at radius 1 is 1.35 bits per heavy atom. The normalized spacial score (nSPS) is 23.1. The minimum absolute atomic E-state index is 0.0385. The van der Waals surface area contributed by atoms with Crippen LogP contribution in [0, 0.1) is 0 Å². The Kier molecular flexibility index (Phi) is 4.35. The fraction of sp³-hybridized carbons (Fsp3) is 0.684. The van der Waals surface area contributed by atoms with Crippen LogP contribution in [0.3, 0.4) is 0 Å². The molecule has 3 aliphatic rings. The number of piperidine rings is 1. The fourth-order valence-electron chi connectivity index (χ4n) is 4.39. The zero-order valence-electron chi connectivity index (χ0n) is 15.4. The van der Waals surface area contributed by atoms with E-state index in [1.54, 1.807) is 4.88 Å². The van der Waals surface area contributed by atoms with E-state index in [1.807, 2.05) is 16.0 Å². The number of aryl methyl sites for hydroxylation is 1. The van der Waals surface area contributed by atoms with E-state index in [-0.39, 0.29) is 5.60 Å². The average Bonchev–Trinajstić information content (AvgIpc) is 3.23. The number of hydrogen-bond acceptors (Lipinski definition) is 6. The number of ether oxygens (including phenoxy) is 1. The van der Waals surface area contributed by atoms with Gasteiger partial charge in [0.05, 0.1) is 30.1 Å². The van der Waals surface area contributed by atoms with Gasteiger partial charge >= 0.3 is 0 Å². The van der Waals surface area contributed by atoms with Crippen molar-refractivity contribution in [3.05, 3.63) is 33.3 Å². The lowest BCUT2D eigenvalue weighted by molar-refractivity contribution is -0.0982. The Hall–Kier alpha value is -1.28. The first-order valence-corrected chi connectivity index (χ1v) is 10.7. The number of likely N-dealkylation sites (tertiary alicyclic amines) is 1. The number of hydrogen-bond donors (Lipinski definition) is 1. The second-order valence-corrected chi connectivity index (χ2v) is 9.00. The van der Waals surface area contributed by atoms with Crippen molar-refractivity contribution >= 4 is 11.3 Å². The summed E-state index contributed by atoms with van der Waals surface area (Å²) in [6.07, 6.45) is 6.51. The largest absolute Gasteiger partial charge is 0.370 e. The van der Waals surface area contributed by atoms with Gasteiger partial charge in [0, 0.05) is 48.9 Å². The Bertz CT molecular complexity index is 773. The molecular formula is C19H27N5OS. The number of aromatic nitrogens is 3. The maximum atomic E-state index is 6.39. The molecule has 5 rings (SSSR count). The van der Waals surface area contributed by atoms with Crippen molar-refractivity contribution in [2.24, 2.45) is 0 Å². The van der Waals surface area contributed by atoms with Gasteiger partial charge in [-0.25, -0.2) is 4.68 Å². The van der Waals surface area contributed by atoms with Crippen molar-refractivity contribution in [1.82, 2.24) is 25.2 Å². The minimum atomic E-state index is -0.0385. The van der Waals surface area contributed by atoms with Crippen molar-refractivity contribution < 1.29 is 4.74 Å². The second-order valence-electron chi connectivity index (χ2n) is 7.77. The van der Waals surface area contributed by atoms with Crippen LogP contribution in [0.15, 0.2) is 12.3 Å². The quantitative estimate of drug-likeness (QED) is 0.890. The molecule has 140 valence electrons. The number of rotatable bonds is 4. The fourth-order valence-corrected chi connectivity index (χ4v) is 5.56. The predicted octanol–water partition coefficient (Wildman–Crippen LogP) is 2.11. The van der Waals surface area contributed by atoms with Crippen LogP contribution in [0.1, 0.15) is 46.8 Å². The molecule has 2 saturated heterocycles. The van der Waals surface area contributed by atoms with Crippen molar-refractivity contribution in [3.63, 3.8) is 0 Å². The number of nitrogens with one attached hydrogen (secondary N) is 1. The van der Waals surface area contributed by atoms with Crippen LogP contribution in [-0.4, -0.2) is 52.7 Å². The molecule has 5 heterocycles. The molecule has 26 heavy (non-hydrogen) atoms. The Labute approximate surface area is 158 Å². The summed E-state index contributed by atoms with van der Waals surface area (Å²) in [5, 5.41) is 12.0. The van der Waals surface area contributed by atoms with Gasteiger partial charge in [-0.2, -0.15) is 0 Å². The van der Waals surface area contributed by atoms with Crippen LogP contribution in [0.4, 0.5) is 0 Å². The van der Waals surface area contributed by atoms with E-state index in [4.69, 9.17) is 4.74 Å². The highest BCUT2D eigenvalue weighted by Gasteiger charge is 2.41. The van der Waals surface area contributed by atoms with E-state index in [2.05, 4.69) is 39.7 Å². The molecule has 7 heteroatoms. The summed E-state index contributed by atoms with van der Waals surface area (Å²) in [7, 11) is 0. The van der Waals surface area contributed by atoms with Crippen LogP contribution < -0.4 is 5.32 Å². The Morgan fingerprint density at radius 3 is 2.92 bits per heavy atom. The summed E-state index contributed by atoms with van der Waals surface area (Å²) >= 11 is 2.00. The van der Waals surface area contributed by atoms with Crippen molar-refractivity contribution in [2.75, 3.05) is 32.8 Å². The standard InChI is InChI=1S/C19H27N5OS/c1-2-16-9-17-18(26-16)3-8-25-19(17)4-6-23(7-5-19)12-14-13-24(22-21-14)15-10-20-11-15/h9,13,15,20H,2-8,10-12H2,1H3. The van der Waals surface area contributed by atoms with Crippen LogP contribution >= 0.6 is 11.3 Å². The third-order valence-electron chi connectivity index (χ3n) is 6.15. The lowest BCUT2D eigenvalue weighted by Gasteiger charge is -2.44. The smallest absolute Gasteiger partial charge is 0.0967 e. The van der Waals surface area contributed by atoms with Gasteiger partial charge in [-0.05, 0) is 30.9 Å². The first-order chi connectivity index (χ1) is 12.8. The maximum absolute atomic E-state index is 6.39. The molecule has 0 bridgehead atoms. The Morgan fingerprint density at radius 2 is 2.19 bits per heavy atom. The molecule has 6 nitrogen and oxygen atoms in total. The monoisotopic (exact) mass is 373 g/mol. The summed E-state index contributed by atoms with van der Waals surface area (Å²) in [4.78, 5) is 5.58. The van der Waals surface area contributed by atoms with Crippen LogP contribution in [0.2, 0.25) is 0 Å². The molecule has 0 amide bonds. The molecular weight excluding hydrogens is 346 g/mol. The Balaban J connectivity index is 1.25. The van der Waals surface area contributed by atoms with Crippen LogP contribution in [-0.2, 0) is 29.7 Å². The van der Waals surface area contributed by atoms with Crippen LogP contribution in [0.25, 0.3) is 0 Å². The molecule has 2 fully saturated rings. The maximum Gasteiger partial charge on any atom is 0.0967 e. The molecule has 0 atom stereocenters. The van der Waals surface area contributed by atoms with Gasteiger partial charge in [-0.1, -0.05) is 12.1 Å². The van der Waals surface area contributed by atoms with Crippen molar-refractivity contribution in [3.8, 4) is 0 Å². The second kappa shape index (κ2) is 6.71. The summed E-state index contributed by atoms with van der Waals surface area (Å²) in [5.41, 5.74) is 2.54. The molecule has 3 aliphatic heterocycles. The zero-order chi connectivity index (χ0) is 17.6. The number of nitrogens with zero attached hydrogens (tertiary/aromatic N) is 4. The van der Waals surface area contributed by atoms with Crippen molar-refractivity contribution in [1.29, 1.82) is 0 Å². The predicted molar refractivity (Wildman–Crippen MR) is 101 cm³/mol. The molecule has 2 aromatic rings. The summed E-state index contributed by atoms with van der Waals surface area (Å²) in [6.45, 7) is 8.17. The van der Waals surface area contributed by atoms with E-state index in [9.17, 15) is 0 Å². The first kappa shape index (κ1) is 16.9. The van der Waals surface area contributed by atoms with Crippen molar-refractivity contribution in [2.45, 2.75) is 50.8 Å². The molecule has 0 radical (unpaired) electrons. The molecule has 0 unspecified atom stereocenters. The van der Waals surface area contributed by atoms with E-state index in [0.717, 1.165) is 70.7 Å². The average molecular weight is 374 g/mol. The summed E-state index contributed by atoms with van der Waals surface area (Å²) in [6, 6.07) is 2.91. The lowest BCUT2D eigenvalue weighted by atomic mass is 9.82. The van der Waals surface area contributed by atoms with Gasteiger partial charge in [0.25, 0.3) is 0 Å². The molecule has 1 N–H and O–H groups in total. The van der Waals surface area contributed by atoms with Crippen LogP contribution in [0.5, 0.6) is 0 Å². The highest BCUT2D eigenvalue weighted by molar-refractivity contribution is 7.12. The van der Waals surface area contributed by atoms with E-state index < -0.39 is 0 Å². The minimum Gasteiger partial charge on any atom is -0.370 e. The number of thiophene rings is 1.